The molecule has 0 saturated carbocycles. The van der Waals surface area contributed by atoms with Gasteiger partial charge in [0.25, 0.3) is 0 Å². The van der Waals surface area contributed by atoms with E-state index in [-0.39, 0.29) is 36.1 Å². The van der Waals surface area contributed by atoms with Crippen molar-refractivity contribution >= 4 is 29.9 Å². The molecule has 2 aliphatic rings. The Morgan fingerprint density at radius 2 is 2.11 bits per heavy atom. The lowest BCUT2D eigenvalue weighted by Crippen LogP contribution is -2.39. The van der Waals surface area contributed by atoms with Gasteiger partial charge in [0.05, 0.1) is 26.4 Å². The predicted octanol–water partition coefficient (Wildman–Crippen LogP) is 0.839. The highest BCUT2D eigenvalue weighted by Gasteiger charge is 2.42. The van der Waals surface area contributed by atoms with E-state index in [9.17, 15) is 0 Å². The molecule has 19 heavy (non-hydrogen) atoms. The quantitative estimate of drug-likeness (QED) is 0.428. The van der Waals surface area contributed by atoms with E-state index in [1.54, 1.807) is 0 Å². The fraction of sp³-hybridized carbons (Fsp3) is 0.917. The molecule has 1 atom stereocenters. The van der Waals surface area contributed by atoms with Crippen LogP contribution in [-0.4, -0.2) is 50.3 Å². The third-order valence-electron chi connectivity index (χ3n) is 3.07. The van der Waals surface area contributed by atoms with E-state index in [1.807, 2.05) is 13.8 Å². The second-order valence-electron chi connectivity index (χ2n) is 5.10. The third kappa shape index (κ3) is 5.05. The molecule has 1 unspecified atom stereocenters. The summed E-state index contributed by atoms with van der Waals surface area (Å²) >= 11 is 0. The average molecular weight is 385 g/mol. The molecule has 0 radical (unpaired) electrons. The largest absolute Gasteiger partial charge is 0.381 e. The molecule has 0 aromatic carbocycles. The van der Waals surface area contributed by atoms with Gasteiger partial charge in [-0.2, -0.15) is 0 Å². The Morgan fingerprint density at radius 1 is 1.42 bits per heavy atom. The van der Waals surface area contributed by atoms with Crippen molar-refractivity contribution in [2.45, 2.75) is 44.6 Å². The molecule has 3 N–H and O–H groups in total. The van der Waals surface area contributed by atoms with Gasteiger partial charge in [-0.15, -0.1) is 24.0 Å². The molecule has 1 spiro atoms. The van der Waals surface area contributed by atoms with Crippen LogP contribution in [0.3, 0.4) is 0 Å². The SMILES string of the molecule is CC(C)NC(N)=NCC1COC2(CCOCC2)O1.I. The Bertz CT molecular complexity index is 307. The molecule has 2 heterocycles. The molecule has 0 amide bonds. The summed E-state index contributed by atoms with van der Waals surface area (Å²) in [5.41, 5.74) is 5.75. The highest BCUT2D eigenvalue weighted by atomic mass is 127. The molecular weight excluding hydrogens is 361 g/mol. The minimum Gasteiger partial charge on any atom is -0.381 e. The van der Waals surface area contributed by atoms with Crippen LogP contribution in [0.5, 0.6) is 0 Å². The average Bonchev–Trinajstić information content (AvgIpc) is 2.70. The first-order valence-electron chi connectivity index (χ1n) is 6.56. The highest BCUT2D eigenvalue weighted by Crippen LogP contribution is 2.33. The molecule has 0 bridgehead atoms. The predicted molar refractivity (Wildman–Crippen MR) is 83.8 cm³/mol. The zero-order valence-corrected chi connectivity index (χ0v) is 13.9. The van der Waals surface area contributed by atoms with Gasteiger partial charge in [0.2, 0.25) is 0 Å². The van der Waals surface area contributed by atoms with Crippen molar-refractivity contribution < 1.29 is 14.2 Å². The highest BCUT2D eigenvalue weighted by molar-refractivity contribution is 14.0. The van der Waals surface area contributed by atoms with Crippen LogP contribution >= 0.6 is 24.0 Å². The fourth-order valence-electron chi connectivity index (χ4n) is 2.19. The summed E-state index contributed by atoms with van der Waals surface area (Å²) < 4.78 is 17.0. The van der Waals surface area contributed by atoms with Gasteiger partial charge < -0.3 is 25.3 Å². The molecule has 2 saturated heterocycles. The first kappa shape index (κ1) is 16.9. The molecule has 2 fully saturated rings. The van der Waals surface area contributed by atoms with E-state index in [0.717, 1.165) is 12.8 Å². The van der Waals surface area contributed by atoms with Crippen LogP contribution < -0.4 is 11.1 Å². The van der Waals surface area contributed by atoms with Gasteiger partial charge in [-0.05, 0) is 13.8 Å². The molecule has 0 aromatic rings. The number of ether oxygens (including phenoxy) is 3. The lowest BCUT2D eigenvalue weighted by Gasteiger charge is -2.31. The normalized spacial score (nSPS) is 26.5. The second-order valence-corrected chi connectivity index (χ2v) is 5.10. The number of nitrogens with two attached hydrogens (primary N) is 1. The number of guanidine groups is 1. The third-order valence-corrected chi connectivity index (χ3v) is 3.07. The molecule has 2 aliphatic heterocycles. The van der Waals surface area contributed by atoms with E-state index in [1.165, 1.54) is 0 Å². The minimum atomic E-state index is -0.432. The summed E-state index contributed by atoms with van der Waals surface area (Å²) in [6, 6.07) is 0.288. The van der Waals surface area contributed by atoms with Crippen LogP contribution in [0.4, 0.5) is 0 Å². The zero-order valence-electron chi connectivity index (χ0n) is 11.6. The van der Waals surface area contributed by atoms with Gasteiger partial charge in [0.15, 0.2) is 11.7 Å². The Kier molecular flexibility index (Phi) is 6.78. The molecule has 6 nitrogen and oxygen atoms in total. The van der Waals surface area contributed by atoms with E-state index < -0.39 is 5.79 Å². The smallest absolute Gasteiger partial charge is 0.188 e. The van der Waals surface area contributed by atoms with Crippen molar-refractivity contribution in [2.75, 3.05) is 26.4 Å². The standard InChI is InChI=1S/C12H23N3O3.HI/c1-9(2)15-11(13)14-7-10-8-17-12(18-10)3-5-16-6-4-12;/h9-10H,3-8H2,1-2H3,(H3,13,14,15);1H. The first-order chi connectivity index (χ1) is 8.60. The number of rotatable bonds is 3. The summed E-state index contributed by atoms with van der Waals surface area (Å²) in [4.78, 5) is 4.27. The summed E-state index contributed by atoms with van der Waals surface area (Å²) in [7, 11) is 0. The number of nitrogens with one attached hydrogen (secondary N) is 1. The molecule has 0 aromatic heterocycles. The number of hydrogen-bond acceptors (Lipinski definition) is 4. The summed E-state index contributed by atoms with van der Waals surface area (Å²) in [5.74, 6) is 0.0279. The van der Waals surface area contributed by atoms with E-state index in [2.05, 4.69) is 10.3 Å². The van der Waals surface area contributed by atoms with Gasteiger partial charge in [-0.3, -0.25) is 4.99 Å². The Morgan fingerprint density at radius 3 is 2.74 bits per heavy atom. The zero-order chi connectivity index (χ0) is 13.0. The van der Waals surface area contributed by atoms with Crippen molar-refractivity contribution in [3.05, 3.63) is 0 Å². The maximum Gasteiger partial charge on any atom is 0.188 e. The van der Waals surface area contributed by atoms with Crippen molar-refractivity contribution in [1.82, 2.24) is 5.32 Å². The maximum absolute atomic E-state index is 5.95. The fourth-order valence-corrected chi connectivity index (χ4v) is 2.19. The lowest BCUT2D eigenvalue weighted by atomic mass is 10.1. The molecule has 2 rings (SSSR count). The lowest BCUT2D eigenvalue weighted by molar-refractivity contribution is -0.210. The van der Waals surface area contributed by atoms with Gasteiger partial charge in [0, 0.05) is 18.9 Å². The number of nitrogens with zero attached hydrogens (tertiary/aromatic N) is 1. The first-order valence-corrected chi connectivity index (χ1v) is 6.56. The molecule has 7 heteroatoms. The second kappa shape index (κ2) is 7.61. The summed E-state index contributed by atoms with van der Waals surface area (Å²) in [6.45, 7) is 6.57. The number of halogens is 1. The summed E-state index contributed by atoms with van der Waals surface area (Å²) in [6.07, 6.45) is 1.59. The Labute approximate surface area is 131 Å². The van der Waals surface area contributed by atoms with Gasteiger partial charge in [0.1, 0.15) is 6.10 Å². The van der Waals surface area contributed by atoms with Crippen LogP contribution in [0, 0.1) is 0 Å². The van der Waals surface area contributed by atoms with E-state index >= 15 is 0 Å². The molecule has 0 aliphatic carbocycles. The molecule has 112 valence electrons. The van der Waals surface area contributed by atoms with Crippen molar-refractivity contribution in [2.24, 2.45) is 10.7 Å². The minimum absolute atomic E-state index is 0. The van der Waals surface area contributed by atoms with Crippen LogP contribution in [0.15, 0.2) is 4.99 Å². The van der Waals surface area contributed by atoms with E-state index in [4.69, 9.17) is 19.9 Å². The van der Waals surface area contributed by atoms with Crippen molar-refractivity contribution in [1.29, 1.82) is 0 Å². The van der Waals surface area contributed by atoms with Crippen molar-refractivity contribution in [3.8, 4) is 0 Å². The summed E-state index contributed by atoms with van der Waals surface area (Å²) in [5, 5.41) is 3.05. The van der Waals surface area contributed by atoms with Crippen LogP contribution in [-0.2, 0) is 14.2 Å². The monoisotopic (exact) mass is 385 g/mol. The number of hydrogen-bond donors (Lipinski definition) is 2. The topological polar surface area (TPSA) is 78.1 Å². The van der Waals surface area contributed by atoms with Gasteiger partial charge >= 0.3 is 0 Å². The Hall–Kier alpha value is -0.120. The maximum atomic E-state index is 5.95. The van der Waals surface area contributed by atoms with Crippen LogP contribution in [0.25, 0.3) is 0 Å². The van der Waals surface area contributed by atoms with Gasteiger partial charge in [-0.1, -0.05) is 0 Å². The van der Waals surface area contributed by atoms with Crippen LogP contribution in [0.2, 0.25) is 0 Å². The Balaban J connectivity index is 0.00000180. The molecular formula is C12H24IN3O3. The van der Waals surface area contributed by atoms with Gasteiger partial charge in [-0.25, -0.2) is 0 Å². The number of aliphatic imine (C=N–C) groups is 1. The van der Waals surface area contributed by atoms with E-state index in [0.29, 0.717) is 32.3 Å². The van der Waals surface area contributed by atoms with Crippen molar-refractivity contribution in [3.63, 3.8) is 0 Å². The van der Waals surface area contributed by atoms with Crippen LogP contribution in [0.1, 0.15) is 26.7 Å².